The molecule has 1 aliphatic rings. The number of fused-ring (bicyclic) bond motifs is 2. The maximum Gasteiger partial charge on any atom is 0.329 e. The van der Waals surface area contributed by atoms with Gasteiger partial charge in [0.1, 0.15) is 5.82 Å². The minimum atomic E-state index is -0.471. The number of aromatic nitrogens is 7. The number of thiophene rings is 1. The van der Waals surface area contributed by atoms with Crippen LogP contribution in [0, 0.1) is 5.92 Å². The topological polar surface area (TPSA) is 103 Å². The summed E-state index contributed by atoms with van der Waals surface area (Å²) >= 11 is 3.34. The molecule has 4 aromatic heterocycles. The van der Waals surface area contributed by atoms with E-state index in [1.807, 2.05) is 23.0 Å². The Morgan fingerprint density at radius 3 is 2.78 bits per heavy atom. The molecule has 0 spiro atoms. The van der Waals surface area contributed by atoms with Gasteiger partial charge in [0, 0.05) is 26.0 Å². The minimum absolute atomic E-state index is 0.380. The van der Waals surface area contributed by atoms with Gasteiger partial charge >= 0.3 is 5.69 Å². The fourth-order valence-electron chi connectivity index (χ4n) is 4.32. The number of rotatable bonds is 5. The van der Waals surface area contributed by atoms with Crippen molar-refractivity contribution in [2.45, 2.75) is 43.5 Å². The Bertz CT molecular complexity index is 1440. The molecule has 1 atom stereocenters. The molecule has 5 rings (SSSR count). The zero-order valence-corrected chi connectivity index (χ0v) is 20.1. The number of thioether (sulfide) groups is 1. The van der Waals surface area contributed by atoms with E-state index in [0.717, 1.165) is 34.6 Å². The van der Waals surface area contributed by atoms with Crippen molar-refractivity contribution in [3.63, 3.8) is 0 Å². The van der Waals surface area contributed by atoms with Gasteiger partial charge in [-0.2, -0.15) is 0 Å². The number of H-pyrrole nitrogens is 1. The molecule has 9 nitrogen and oxygen atoms in total. The monoisotopic (exact) mass is 471 g/mol. The summed E-state index contributed by atoms with van der Waals surface area (Å²) in [7, 11) is 5.37. The first-order chi connectivity index (χ1) is 15.4. The van der Waals surface area contributed by atoms with Gasteiger partial charge in [0.05, 0.1) is 10.6 Å². The van der Waals surface area contributed by atoms with Crippen molar-refractivity contribution in [1.82, 2.24) is 33.9 Å². The highest BCUT2D eigenvalue weighted by molar-refractivity contribution is 7.98. The average molecular weight is 472 g/mol. The van der Waals surface area contributed by atoms with E-state index in [2.05, 4.69) is 33.2 Å². The molecule has 11 heteroatoms. The Morgan fingerprint density at radius 2 is 2.00 bits per heavy atom. The van der Waals surface area contributed by atoms with Crippen LogP contribution in [0.2, 0.25) is 0 Å². The Morgan fingerprint density at radius 1 is 1.19 bits per heavy atom. The summed E-state index contributed by atoms with van der Waals surface area (Å²) in [5.41, 5.74) is 1.33. The number of nitrogens with one attached hydrogen (secondary N) is 1. The van der Waals surface area contributed by atoms with Crippen LogP contribution >= 0.6 is 23.1 Å². The van der Waals surface area contributed by atoms with Gasteiger partial charge in [-0.25, -0.2) is 9.78 Å². The molecule has 32 heavy (non-hydrogen) atoms. The smallest absolute Gasteiger partial charge is 0.325 e. The summed E-state index contributed by atoms with van der Waals surface area (Å²) < 4.78 is 5.10. The van der Waals surface area contributed by atoms with Gasteiger partial charge in [-0.3, -0.25) is 14.3 Å². The molecule has 0 fully saturated rings. The van der Waals surface area contributed by atoms with Crippen LogP contribution in [0.5, 0.6) is 0 Å². The predicted octanol–water partition coefficient (Wildman–Crippen LogP) is 2.62. The fourth-order valence-corrected chi connectivity index (χ4v) is 6.45. The molecule has 1 aliphatic carbocycles. The molecule has 0 amide bonds. The average Bonchev–Trinajstić information content (AvgIpc) is 3.45. The normalized spacial score (nSPS) is 16.1. The molecule has 0 radical (unpaired) electrons. The van der Waals surface area contributed by atoms with Crippen molar-refractivity contribution in [1.29, 1.82) is 0 Å². The van der Waals surface area contributed by atoms with E-state index in [1.54, 1.807) is 18.7 Å². The Balaban J connectivity index is 1.40. The number of hydrogen-bond acceptors (Lipinski definition) is 7. The quantitative estimate of drug-likeness (QED) is 0.449. The van der Waals surface area contributed by atoms with Crippen LogP contribution in [0.3, 0.4) is 0 Å². The van der Waals surface area contributed by atoms with E-state index >= 15 is 0 Å². The van der Waals surface area contributed by atoms with Crippen LogP contribution in [-0.2, 0) is 39.7 Å². The first-order valence-electron chi connectivity index (χ1n) is 10.7. The Labute approximate surface area is 192 Å². The molecule has 168 valence electrons. The first kappa shape index (κ1) is 21.2. The van der Waals surface area contributed by atoms with Gasteiger partial charge in [-0.05, 0) is 36.8 Å². The van der Waals surface area contributed by atoms with Crippen LogP contribution in [0.1, 0.15) is 36.0 Å². The lowest BCUT2D eigenvalue weighted by atomic mass is 9.87. The molecule has 4 heterocycles. The van der Waals surface area contributed by atoms with Gasteiger partial charge in [-0.15, -0.1) is 21.5 Å². The third-order valence-corrected chi connectivity index (χ3v) is 8.62. The zero-order valence-electron chi connectivity index (χ0n) is 18.5. The van der Waals surface area contributed by atoms with E-state index < -0.39 is 11.2 Å². The second-order valence-corrected chi connectivity index (χ2v) is 10.4. The van der Waals surface area contributed by atoms with Gasteiger partial charge in [0.25, 0.3) is 5.56 Å². The Kier molecular flexibility index (Phi) is 5.32. The molecular weight excluding hydrogens is 446 g/mol. The molecule has 0 saturated carbocycles. The summed E-state index contributed by atoms with van der Waals surface area (Å²) in [5.74, 6) is 2.86. The highest BCUT2D eigenvalue weighted by Crippen LogP contribution is 2.38. The molecule has 4 aromatic rings. The van der Waals surface area contributed by atoms with Crippen molar-refractivity contribution >= 4 is 34.3 Å². The number of nitrogens with zero attached hydrogens (tertiary/aromatic N) is 6. The van der Waals surface area contributed by atoms with Crippen molar-refractivity contribution in [2.75, 3.05) is 0 Å². The third-order valence-electron chi connectivity index (χ3n) is 6.38. The summed E-state index contributed by atoms with van der Waals surface area (Å²) in [6.07, 6.45) is 4.83. The molecule has 1 N–H and O–H groups in total. The van der Waals surface area contributed by atoms with Crippen LogP contribution in [0.4, 0.5) is 0 Å². The second-order valence-electron chi connectivity index (χ2n) is 8.31. The molecule has 0 bridgehead atoms. The van der Waals surface area contributed by atoms with E-state index in [1.165, 1.54) is 39.6 Å². The van der Waals surface area contributed by atoms with E-state index in [9.17, 15) is 9.59 Å². The SMILES string of the molecule is CCC1CCc2sc(-c3nnc(SCc4nc5c(c(=O)[nH]c(=O)n5C)n4C)n3C)cc2C1. The highest BCUT2D eigenvalue weighted by Gasteiger charge is 2.23. The molecule has 0 aromatic carbocycles. The number of aryl methyl sites for hydroxylation is 3. The largest absolute Gasteiger partial charge is 0.329 e. The Hall–Kier alpha value is -2.66. The summed E-state index contributed by atoms with van der Waals surface area (Å²) in [6, 6.07) is 2.29. The third kappa shape index (κ3) is 3.43. The summed E-state index contributed by atoms with van der Waals surface area (Å²) in [4.78, 5) is 33.6. The van der Waals surface area contributed by atoms with Crippen molar-refractivity contribution in [3.8, 4) is 10.7 Å². The second kappa shape index (κ2) is 8.04. The van der Waals surface area contributed by atoms with Gasteiger partial charge in [0.15, 0.2) is 22.1 Å². The summed E-state index contributed by atoms with van der Waals surface area (Å²) in [6.45, 7) is 2.27. The molecule has 0 aliphatic heterocycles. The maximum absolute atomic E-state index is 12.2. The van der Waals surface area contributed by atoms with Crippen molar-refractivity contribution in [3.05, 3.63) is 43.2 Å². The minimum Gasteiger partial charge on any atom is -0.325 e. The standard InChI is InChI=1S/C21H25N7O2S2/c1-5-11-6-7-13-12(8-11)9-14(32-13)17-24-25-21(28(17)4)31-10-15-22-18-16(26(15)2)19(29)23-20(30)27(18)3/h9,11H,5-8,10H2,1-4H3,(H,23,29,30). The number of imidazole rings is 1. The predicted molar refractivity (Wildman–Crippen MR) is 126 cm³/mol. The van der Waals surface area contributed by atoms with Crippen LogP contribution in [0.25, 0.3) is 21.9 Å². The molecular formula is C21H25N7O2S2. The lowest BCUT2D eigenvalue weighted by Gasteiger charge is -2.19. The maximum atomic E-state index is 12.2. The lowest BCUT2D eigenvalue weighted by Crippen LogP contribution is -2.29. The van der Waals surface area contributed by atoms with Gasteiger partial charge in [-0.1, -0.05) is 25.1 Å². The number of hydrogen-bond donors (Lipinski definition) is 1. The van der Waals surface area contributed by atoms with Crippen LogP contribution < -0.4 is 11.2 Å². The fraction of sp³-hybridized carbons (Fsp3) is 0.476. The molecule has 0 saturated heterocycles. The van der Waals surface area contributed by atoms with Crippen LogP contribution in [-0.4, -0.2) is 33.9 Å². The van der Waals surface area contributed by atoms with Crippen LogP contribution in [0.15, 0.2) is 20.8 Å². The number of aromatic amines is 1. The van der Waals surface area contributed by atoms with E-state index in [-0.39, 0.29) is 0 Å². The lowest BCUT2D eigenvalue weighted by molar-refractivity contribution is 0.449. The summed E-state index contributed by atoms with van der Waals surface area (Å²) in [5, 5.41) is 9.65. The molecule has 1 unspecified atom stereocenters. The van der Waals surface area contributed by atoms with E-state index in [4.69, 9.17) is 0 Å². The van der Waals surface area contributed by atoms with Crippen molar-refractivity contribution in [2.24, 2.45) is 27.1 Å². The van der Waals surface area contributed by atoms with Crippen molar-refractivity contribution < 1.29 is 0 Å². The van der Waals surface area contributed by atoms with Gasteiger partial charge in [0.2, 0.25) is 0 Å². The first-order valence-corrected chi connectivity index (χ1v) is 12.5. The van der Waals surface area contributed by atoms with Gasteiger partial charge < -0.3 is 9.13 Å². The zero-order chi connectivity index (χ0) is 22.6. The highest BCUT2D eigenvalue weighted by atomic mass is 32.2. The van der Waals surface area contributed by atoms with E-state index in [0.29, 0.717) is 22.7 Å².